The fraction of sp³-hybridized carbons (Fsp3) is 0.500. The van der Waals surface area contributed by atoms with Gasteiger partial charge in [0.2, 0.25) is 0 Å². The molecule has 2 rings (SSSR count). The molecule has 1 aliphatic rings. The molecule has 0 N–H and O–H groups in total. The van der Waals surface area contributed by atoms with Crippen LogP contribution in [0.15, 0.2) is 35.9 Å². The number of hydrogen-bond acceptors (Lipinski definition) is 0. The highest BCUT2D eigenvalue weighted by molar-refractivity contribution is 5.68. The maximum atomic E-state index is 2.30. The predicted molar refractivity (Wildman–Crippen MR) is 97.0 cm³/mol. The summed E-state index contributed by atoms with van der Waals surface area (Å²) in [5.41, 5.74) is 5.73. The number of hydrogen-bond donors (Lipinski definition) is 0. The zero-order valence-electron chi connectivity index (χ0n) is 13.2. The van der Waals surface area contributed by atoms with Gasteiger partial charge in [-0.15, -0.1) is 0 Å². The highest BCUT2D eigenvalue weighted by atomic mass is 14.3. The summed E-state index contributed by atoms with van der Waals surface area (Å²) in [4.78, 5) is 0. The van der Waals surface area contributed by atoms with Crippen molar-refractivity contribution in [3.63, 3.8) is 0 Å². The van der Waals surface area contributed by atoms with Crippen LogP contribution in [-0.2, 0) is 0 Å². The number of benzene rings is 1. The highest BCUT2D eigenvalue weighted by Crippen LogP contribution is 2.36. The van der Waals surface area contributed by atoms with Crippen molar-refractivity contribution in [3.05, 3.63) is 47.0 Å². The van der Waals surface area contributed by atoms with Crippen molar-refractivity contribution in [1.29, 1.82) is 0 Å². The Morgan fingerprint density at radius 2 is 1.65 bits per heavy atom. The molecule has 1 fully saturated rings. The van der Waals surface area contributed by atoms with Gasteiger partial charge in [0.1, 0.15) is 0 Å². The summed E-state index contributed by atoms with van der Waals surface area (Å²) in [6, 6.07) is 8.89. The molecule has 0 radical (unpaired) electrons. The second-order valence-electron chi connectivity index (χ2n) is 5.06. The maximum absolute atomic E-state index is 2.30. The molecule has 1 aliphatic carbocycles. The van der Waals surface area contributed by atoms with Crippen molar-refractivity contribution in [2.75, 3.05) is 0 Å². The fourth-order valence-corrected chi connectivity index (χ4v) is 2.41. The largest absolute Gasteiger partial charge is 0.0871 e. The Morgan fingerprint density at radius 1 is 1.10 bits per heavy atom. The second-order valence-corrected chi connectivity index (χ2v) is 5.06. The van der Waals surface area contributed by atoms with Crippen molar-refractivity contribution in [2.45, 2.75) is 61.3 Å². The molecule has 0 bridgehead atoms. The Balaban J connectivity index is 0. The van der Waals surface area contributed by atoms with Gasteiger partial charge in [0.25, 0.3) is 0 Å². The summed E-state index contributed by atoms with van der Waals surface area (Å²) in [5.74, 6) is 0.852. The van der Waals surface area contributed by atoms with E-state index in [1.54, 1.807) is 5.57 Å². The average Bonchev–Trinajstić information content (AvgIpc) is 2.39. The van der Waals surface area contributed by atoms with E-state index in [2.05, 4.69) is 57.2 Å². The van der Waals surface area contributed by atoms with E-state index in [0.29, 0.717) is 0 Å². The van der Waals surface area contributed by atoms with Gasteiger partial charge in [-0.05, 0) is 56.2 Å². The molecule has 1 aromatic carbocycles. The van der Waals surface area contributed by atoms with Crippen LogP contribution in [0.5, 0.6) is 0 Å². The Labute approximate surface area is 128 Å². The van der Waals surface area contributed by atoms with Crippen LogP contribution >= 0.6 is 0 Å². The molecule has 0 aliphatic heterocycles. The Morgan fingerprint density at radius 3 is 2.05 bits per heavy atom. The zero-order valence-corrected chi connectivity index (χ0v) is 13.2. The molecule has 0 amide bonds. The smallest absolute Gasteiger partial charge is 0 e. The van der Waals surface area contributed by atoms with Crippen LogP contribution < -0.4 is 0 Å². The van der Waals surface area contributed by atoms with Gasteiger partial charge in [0, 0.05) is 1.43 Å². The molecule has 0 atom stereocenters. The molecule has 0 heteroatoms. The summed E-state index contributed by atoms with van der Waals surface area (Å²) in [7, 11) is 0. The van der Waals surface area contributed by atoms with Crippen LogP contribution in [0.1, 0.15) is 73.9 Å². The minimum atomic E-state index is 0. The standard InChI is InChI=1S/C17H22.C2H6.CH4.H2/c1-4-6-15-9-11-17(12-10-15)14(3)13(2)16-7-5-8-16;1-2;;/h4,6,9-12,16H,5,7-8H2,1-3H3;1-2H3;1H4;1H/b6-4+,14-13+;;;/i;;;1+1. The van der Waals surface area contributed by atoms with E-state index in [1.165, 1.54) is 36.0 Å². The fourth-order valence-electron chi connectivity index (χ4n) is 2.41. The predicted octanol–water partition coefficient (Wildman–Crippen LogP) is 7.22. The Hall–Kier alpha value is -1.30. The summed E-state index contributed by atoms with van der Waals surface area (Å²) in [6.45, 7) is 10.6. The minimum absolute atomic E-state index is 0. The van der Waals surface area contributed by atoms with Crippen LogP contribution in [0.2, 0.25) is 0 Å². The summed E-state index contributed by atoms with van der Waals surface area (Å²) >= 11 is 0. The van der Waals surface area contributed by atoms with E-state index in [-0.39, 0.29) is 8.85 Å². The van der Waals surface area contributed by atoms with Gasteiger partial charge in [0.15, 0.2) is 0 Å². The Kier molecular flexibility index (Phi) is 8.96. The van der Waals surface area contributed by atoms with E-state index in [9.17, 15) is 0 Å². The molecule has 114 valence electrons. The van der Waals surface area contributed by atoms with Crippen LogP contribution in [-0.4, -0.2) is 0 Å². The highest BCUT2D eigenvalue weighted by Gasteiger charge is 2.20. The van der Waals surface area contributed by atoms with E-state index < -0.39 is 0 Å². The third kappa shape index (κ3) is 4.67. The SMILES string of the molecule is C.C/C=C/c1ccc(/C(C)=C(\C)C2CCC2)cc1.CC.[2HH]. The van der Waals surface area contributed by atoms with Gasteiger partial charge in [-0.25, -0.2) is 0 Å². The first-order valence-electron chi connectivity index (χ1n) is 7.63. The molecule has 1 saturated carbocycles. The first-order valence-corrected chi connectivity index (χ1v) is 7.63. The molecular formula is C20H34. The monoisotopic (exact) mass is 275 g/mol. The maximum Gasteiger partial charge on any atom is 0 e. The topological polar surface area (TPSA) is 0 Å². The summed E-state index contributed by atoms with van der Waals surface area (Å²) in [5, 5.41) is 0. The van der Waals surface area contributed by atoms with Gasteiger partial charge in [0.05, 0.1) is 0 Å². The number of allylic oxidation sites excluding steroid dienone is 3. The number of rotatable bonds is 3. The third-order valence-corrected chi connectivity index (χ3v) is 4.01. The van der Waals surface area contributed by atoms with Gasteiger partial charge < -0.3 is 0 Å². The summed E-state index contributed by atoms with van der Waals surface area (Å²) in [6.07, 6.45) is 8.41. The van der Waals surface area contributed by atoms with Crippen molar-refractivity contribution >= 4 is 11.6 Å². The zero-order chi connectivity index (χ0) is 14.3. The van der Waals surface area contributed by atoms with Crippen molar-refractivity contribution in [2.24, 2.45) is 5.92 Å². The third-order valence-electron chi connectivity index (χ3n) is 4.01. The first-order chi connectivity index (χ1) is 9.22. The van der Waals surface area contributed by atoms with Gasteiger partial charge >= 0.3 is 0 Å². The molecule has 1 aromatic rings. The minimum Gasteiger partial charge on any atom is -0.0871 e. The molecule has 0 spiro atoms. The molecule has 0 heterocycles. The van der Waals surface area contributed by atoms with Crippen LogP contribution in [0.3, 0.4) is 0 Å². The normalized spacial score (nSPS) is 15.7. The van der Waals surface area contributed by atoms with E-state index in [0.717, 1.165) is 5.92 Å². The van der Waals surface area contributed by atoms with Crippen molar-refractivity contribution in [3.8, 4) is 0 Å². The lowest BCUT2D eigenvalue weighted by Gasteiger charge is -2.28. The quantitative estimate of drug-likeness (QED) is 0.546. The van der Waals surface area contributed by atoms with E-state index >= 15 is 0 Å². The second kappa shape index (κ2) is 9.58. The molecule has 0 nitrogen and oxygen atoms in total. The van der Waals surface area contributed by atoms with Crippen molar-refractivity contribution < 1.29 is 1.43 Å². The molecule has 20 heavy (non-hydrogen) atoms. The van der Waals surface area contributed by atoms with Gasteiger partial charge in [-0.1, -0.05) is 69.7 Å². The van der Waals surface area contributed by atoms with Gasteiger partial charge in [-0.3, -0.25) is 0 Å². The average molecular weight is 275 g/mol. The molecular weight excluding hydrogens is 240 g/mol. The van der Waals surface area contributed by atoms with E-state index in [4.69, 9.17) is 0 Å². The Bertz CT molecular complexity index is 433. The van der Waals surface area contributed by atoms with Crippen LogP contribution in [0.25, 0.3) is 11.6 Å². The lowest BCUT2D eigenvalue weighted by Crippen LogP contribution is -2.12. The van der Waals surface area contributed by atoms with Crippen LogP contribution in [0, 0.1) is 5.92 Å². The lowest BCUT2D eigenvalue weighted by molar-refractivity contribution is 0.369. The van der Waals surface area contributed by atoms with Gasteiger partial charge in [-0.2, -0.15) is 0 Å². The molecule has 0 aromatic heterocycles. The van der Waals surface area contributed by atoms with E-state index in [1.807, 2.05) is 13.8 Å². The molecule has 0 saturated heterocycles. The van der Waals surface area contributed by atoms with Crippen LogP contribution in [0.4, 0.5) is 0 Å². The first kappa shape index (κ1) is 18.7. The molecule has 0 unspecified atom stereocenters. The lowest BCUT2D eigenvalue weighted by atomic mass is 9.78. The van der Waals surface area contributed by atoms with Crippen molar-refractivity contribution in [1.82, 2.24) is 0 Å². The summed E-state index contributed by atoms with van der Waals surface area (Å²) < 4.78 is 0.